The third-order valence-corrected chi connectivity index (χ3v) is 3.13. The molecular weight excluding hydrogens is 355 g/mol. The van der Waals surface area contributed by atoms with Gasteiger partial charge in [0.05, 0.1) is 24.9 Å². The molecule has 2 amide bonds. The number of rotatable bonds is 7. The van der Waals surface area contributed by atoms with Crippen molar-refractivity contribution in [2.24, 2.45) is 0 Å². The van der Waals surface area contributed by atoms with Crippen LogP contribution in [0.15, 0.2) is 41.1 Å². The topological polar surface area (TPSA) is 84.7 Å². The molecule has 0 fully saturated rings. The van der Waals surface area contributed by atoms with Crippen LogP contribution in [0.1, 0.15) is 16.1 Å². The number of ether oxygens (including phenoxy) is 1. The lowest BCUT2D eigenvalue weighted by Crippen LogP contribution is -2.38. The Morgan fingerprint density at radius 3 is 2.65 bits per heavy atom. The number of carbonyl (C=O) groups is 2. The highest BCUT2D eigenvalue weighted by molar-refractivity contribution is 5.96. The van der Waals surface area contributed by atoms with Crippen LogP contribution in [0.2, 0.25) is 0 Å². The van der Waals surface area contributed by atoms with Gasteiger partial charge in [-0.05, 0) is 18.2 Å². The van der Waals surface area contributed by atoms with Crippen molar-refractivity contribution in [1.82, 2.24) is 15.2 Å². The summed E-state index contributed by atoms with van der Waals surface area (Å²) in [4.78, 5) is 28.8. The van der Waals surface area contributed by atoms with Crippen LogP contribution in [0.25, 0.3) is 0 Å². The molecule has 0 aromatic carbocycles. The van der Waals surface area contributed by atoms with Gasteiger partial charge in [-0.1, -0.05) is 0 Å². The van der Waals surface area contributed by atoms with Crippen LogP contribution in [-0.4, -0.2) is 48.1 Å². The van der Waals surface area contributed by atoms with Crippen molar-refractivity contribution in [2.75, 3.05) is 20.2 Å². The molecule has 0 aliphatic carbocycles. The summed E-state index contributed by atoms with van der Waals surface area (Å²) in [7, 11) is 1.42. The first-order valence-corrected chi connectivity index (χ1v) is 7.45. The Bertz CT molecular complexity index is 730. The Hall–Kier alpha value is -3.04. The summed E-state index contributed by atoms with van der Waals surface area (Å²) in [6.45, 7) is -1.48. The summed E-state index contributed by atoms with van der Waals surface area (Å²) in [5.41, 5.74) is 0.116. The van der Waals surface area contributed by atoms with Gasteiger partial charge in [-0.3, -0.25) is 9.59 Å². The zero-order chi connectivity index (χ0) is 19.2. The largest absolute Gasteiger partial charge is 0.468 e. The predicted octanol–water partition coefficient (Wildman–Crippen LogP) is 2.00. The van der Waals surface area contributed by atoms with Crippen molar-refractivity contribution < 1.29 is 31.9 Å². The normalized spacial score (nSPS) is 11.1. The summed E-state index contributed by atoms with van der Waals surface area (Å²) in [6, 6.07) is 5.82. The lowest BCUT2D eigenvalue weighted by molar-refractivity contribution is -0.154. The fourth-order valence-electron chi connectivity index (χ4n) is 1.91. The number of halogens is 3. The van der Waals surface area contributed by atoms with Gasteiger partial charge in [-0.15, -0.1) is 0 Å². The number of furan rings is 1. The molecule has 0 aliphatic rings. The third-order valence-electron chi connectivity index (χ3n) is 3.13. The molecule has 0 radical (unpaired) electrons. The maximum Gasteiger partial charge on any atom is 0.422 e. The molecule has 1 N–H and O–H groups in total. The fraction of sp³-hybridized carbons (Fsp3) is 0.312. The van der Waals surface area contributed by atoms with Gasteiger partial charge in [0.25, 0.3) is 5.91 Å². The van der Waals surface area contributed by atoms with Crippen molar-refractivity contribution in [3.05, 3.63) is 48.0 Å². The van der Waals surface area contributed by atoms with E-state index < -0.39 is 24.6 Å². The van der Waals surface area contributed by atoms with E-state index in [9.17, 15) is 22.8 Å². The molecule has 0 saturated heterocycles. The van der Waals surface area contributed by atoms with Crippen LogP contribution >= 0.6 is 0 Å². The number of amides is 2. The third kappa shape index (κ3) is 6.11. The van der Waals surface area contributed by atoms with Gasteiger partial charge < -0.3 is 19.4 Å². The van der Waals surface area contributed by atoms with Crippen molar-refractivity contribution in [2.45, 2.75) is 12.7 Å². The zero-order valence-electron chi connectivity index (χ0n) is 13.7. The molecule has 0 spiro atoms. The number of hydrogen-bond donors (Lipinski definition) is 1. The van der Waals surface area contributed by atoms with Gasteiger partial charge in [-0.2, -0.15) is 13.2 Å². The maximum atomic E-state index is 12.2. The molecule has 10 heteroatoms. The molecule has 0 unspecified atom stereocenters. The van der Waals surface area contributed by atoms with E-state index in [1.807, 2.05) is 0 Å². The van der Waals surface area contributed by atoms with E-state index in [4.69, 9.17) is 4.42 Å². The Balaban J connectivity index is 1.83. The fourth-order valence-corrected chi connectivity index (χ4v) is 1.91. The molecule has 7 nitrogen and oxygen atoms in total. The molecule has 0 saturated carbocycles. The van der Waals surface area contributed by atoms with Gasteiger partial charge in [0.2, 0.25) is 11.8 Å². The maximum absolute atomic E-state index is 12.2. The summed E-state index contributed by atoms with van der Waals surface area (Å²) in [5.74, 6) is -0.577. The number of nitrogens with one attached hydrogen (secondary N) is 1. The Morgan fingerprint density at radius 2 is 2.08 bits per heavy atom. The first-order chi connectivity index (χ1) is 12.2. The monoisotopic (exact) mass is 371 g/mol. The Morgan fingerprint density at radius 1 is 1.31 bits per heavy atom. The van der Waals surface area contributed by atoms with Gasteiger partial charge in [0, 0.05) is 19.3 Å². The second kappa shape index (κ2) is 8.37. The van der Waals surface area contributed by atoms with E-state index in [1.165, 1.54) is 19.4 Å². The Kier molecular flexibility index (Phi) is 6.21. The number of nitrogens with zero attached hydrogens (tertiary/aromatic N) is 2. The van der Waals surface area contributed by atoms with Crippen molar-refractivity contribution in [3.8, 4) is 5.88 Å². The molecule has 0 bridgehead atoms. The minimum absolute atomic E-state index is 0.116. The van der Waals surface area contributed by atoms with E-state index >= 15 is 0 Å². The van der Waals surface area contributed by atoms with Gasteiger partial charge in [0.1, 0.15) is 5.76 Å². The summed E-state index contributed by atoms with van der Waals surface area (Å²) in [6.07, 6.45) is -1.91. The minimum Gasteiger partial charge on any atom is -0.468 e. The van der Waals surface area contributed by atoms with E-state index in [2.05, 4.69) is 15.0 Å². The van der Waals surface area contributed by atoms with Crippen molar-refractivity contribution in [3.63, 3.8) is 0 Å². The number of alkyl halides is 3. The highest BCUT2D eigenvalue weighted by atomic mass is 19.4. The SMILES string of the molecule is CN(CC(=O)NCc1ccco1)C(=O)c1ccc(OCC(F)(F)F)nc1. The standard InChI is InChI=1S/C16H16F3N3O4/c1-22(9-13(23)20-8-12-3-2-6-25-12)15(24)11-4-5-14(21-7-11)26-10-16(17,18)19/h2-7H,8-10H2,1H3,(H,20,23). The van der Waals surface area contributed by atoms with Crippen LogP contribution in [-0.2, 0) is 11.3 Å². The first-order valence-electron chi connectivity index (χ1n) is 7.45. The first kappa shape index (κ1) is 19.3. The lowest BCUT2D eigenvalue weighted by Gasteiger charge is -2.16. The van der Waals surface area contributed by atoms with E-state index in [1.54, 1.807) is 12.1 Å². The molecule has 2 aromatic heterocycles. The summed E-state index contributed by atoms with van der Waals surface area (Å²) >= 11 is 0. The number of aromatic nitrogens is 1. The van der Waals surface area contributed by atoms with Gasteiger partial charge in [0.15, 0.2) is 6.61 Å². The number of likely N-dealkylation sites (N-methyl/N-ethyl adjacent to an activating group) is 1. The number of pyridine rings is 1. The van der Waals surface area contributed by atoms with Crippen LogP contribution in [0.4, 0.5) is 13.2 Å². The predicted molar refractivity (Wildman–Crippen MR) is 83.3 cm³/mol. The average Bonchev–Trinajstić information content (AvgIpc) is 3.11. The molecule has 0 atom stereocenters. The number of carbonyl (C=O) groups excluding carboxylic acids is 2. The quantitative estimate of drug-likeness (QED) is 0.805. The van der Waals surface area contributed by atoms with Gasteiger partial charge in [-0.25, -0.2) is 4.98 Å². The molecule has 0 aliphatic heterocycles. The highest BCUT2D eigenvalue weighted by Crippen LogP contribution is 2.17. The van der Waals surface area contributed by atoms with Crippen molar-refractivity contribution in [1.29, 1.82) is 0 Å². The molecule has 2 heterocycles. The van der Waals surface area contributed by atoms with E-state index in [-0.39, 0.29) is 24.5 Å². The minimum atomic E-state index is -4.47. The van der Waals surface area contributed by atoms with E-state index in [0.717, 1.165) is 17.2 Å². The Labute approximate surface area is 146 Å². The van der Waals surface area contributed by atoms with Crippen LogP contribution < -0.4 is 10.1 Å². The van der Waals surface area contributed by atoms with Crippen LogP contribution in [0.3, 0.4) is 0 Å². The number of hydrogen-bond acceptors (Lipinski definition) is 5. The lowest BCUT2D eigenvalue weighted by atomic mass is 10.2. The summed E-state index contributed by atoms with van der Waals surface area (Å²) < 4.78 is 45.7. The van der Waals surface area contributed by atoms with Crippen molar-refractivity contribution >= 4 is 11.8 Å². The zero-order valence-corrected chi connectivity index (χ0v) is 13.7. The van der Waals surface area contributed by atoms with Crippen LogP contribution in [0, 0.1) is 0 Å². The summed E-state index contributed by atoms with van der Waals surface area (Å²) in [5, 5.41) is 2.59. The molecule has 2 aromatic rings. The molecule has 2 rings (SSSR count). The van der Waals surface area contributed by atoms with Gasteiger partial charge >= 0.3 is 6.18 Å². The second-order valence-corrected chi connectivity index (χ2v) is 5.31. The van der Waals surface area contributed by atoms with E-state index in [0.29, 0.717) is 5.76 Å². The smallest absolute Gasteiger partial charge is 0.422 e. The van der Waals surface area contributed by atoms with Crippen LogP contribution in [0.5, 0.6) is 5.88 Å². The average molecular weight is 371 g/mol. The second-order valence-electron chi connectivity index (χ2n) is 5.31. The molecule has 140 valence electrons. The highest BCUT2D eigenvalue weighted by Gasteiger charge is 2.28. The molecular formula is C16H16F3N3O4. The molecule has 26 heavy (non-hydrogen) atoms.